The Balaban J connectivity index is 1.44. The van der Waals surface area contributed by atoms with Crippen LogP contribution in [0.15, 0.2) is 76.4 Å². The molecule has 3 aromatic rings. The zero-order valence-corrected chi connectivity index (χ0v) is 18.6. The van der Waals surface area contributed by atoms with Crippen LogP contribution in [0.1, 0.15) is 22.9 Å². The number of carbonyl (C=O) groups excluding carboxylic acids is 1. The maximum absolute atomic E-state index is 13.1. The van der Waals surface area contributed by atoms with Crippen molar-refractivity contribution >= 4 is 5.91 Å². The van der Waals surface area contributed by atoms with Gasteiger partial charge in [0.05, 0.1) is 19.8 Å². The lowest BCUT2D eigenvalue weighted by molar-refractivity contribution is -0.179. The molecule has 1 amide bonds. The number of fused-ring (bicyclic) bond motifs is 2. The molecule has 34 heavy (non-hydrogen) atoms. The molecule has 2 N–H and O–H groups in total. The van der Waals surface area contributed by atoms with Gasteiger partial charge in [-0.2, -0.15) is 0 Å². The van der Waals surface area contributed by atoms with E-state index < -0.39 is 35.2 Å². The molecule has 176 valence electrons. The second-order valence-electron chi connectivity index (χ2n) is 8.57. The van der Waals surface area contributed by atoms with Crippen molar-refractivity contribution in [3.8, 4) is 0 Å². The molecule has 0 spiro atoms. The van der Waals surface area contributed by atoms with Crippen LogP contribution in [0.4, 0.5) is 0 Å². The highest BCUT2D eigenvalue weighted by atomic mass is 16.6. The fourth-order valence-corrected chi connectivity index (χ4v) is 4.48. The zero-order chi connectivity index (χ0) is 23.7. The average Bonchev–Trinajstić information content (AvgIpc) is 3.29. The van der Waals surface area contributed by atoms with Gasteiger partial charge < -0.3 is 19.5 Å². The van der Waals surface area contributed by atoms with Crippen molar-refractivity contribution in [2.75, 3.05) is 6.61 Å². The number of amides is 1. The molecule has 1 aromatic heterocycles. The van der Waals surface area contributed by atoms with Gasteiger partial charge in [-0.1, -0.05) is 60.7 Å². The van der Waals surface area contributed by atoms with Crippen LogP contribution in [-0.4, -0.2) is 39.8 Å². The van der Waals surface area contributed by atoms with Crippen molar-refractivity contribution in [3.63, 3.8) is 0 Å². The first-order valence-corrected chi connectivity index (χ1v) is 11.1. The van der Waals surface area contributed by atoms with Gasteiger partial charge in [-0.15, -0.1) is 0 Å². The predicted molar refractivity (Wildman–Crippen MR) is 122 cm³/mol. The molecule has 0 saturated carbocycles. The monoisotopic (exact) mass is 463 g/mol. The fourth-order valence-electron chi connectivity index (χ4n) is 4.48. The Kier molecular flexibility index (Phi) is 5.91. The zero-order valence-electron chi connectivity index (χ0n) is 18.6. The summed E-state index contributed by atoms with van der Waals surface area (Å²) in [4.78, 5) is 39.8. The summed E-state index contributed by atoms with van der Waals surface area (Å²) in [5, 5.41) is 2.92. The number of nitrogens with zero attached hydrogens (tertiary/aromatic N) is 1. The van der Waals surface area contributed by atoms with Crippen LogP contribution in [0.5, 0.6) is 0 Å². The number of morpholine rings is 1. The van der Waals surface area contributed by atoms with Gasteiger partial charge in [0.25, 0.3) is 11.5 Å². The highest BCUT2D eigenvalue weighted by Crippen LogP contribution is 2.44. The van der Waals surface area contributed by atoms with Gasteiger partial charge in [-0.3, -0.25) is 19.1 Å². The molecule has 0 radical (unpaired) electrons. The van der Waals surface area contributed by atoms with Crippen LogP contribution in [0.3, 0.4) is 0 Å². The third-order valence-electron chi connectivity index (χ3n) is 6.23. The molecule has 4 atom stereocenters. The van der Waals surface area contributed by atoms with Crippen LogP contribution in [0.2, 0.25) is 0 Å². The van der Waals surface area contributed by atoms with Gasteiger partial charge in [0, 0.05) is 11.8 Å². The number of hydrogen-bond acceptors (Lipinski definition) is 6. The molecular formula is C25H25N3O6. The van der Waals surface area contributed by atoms with Gasteiger partial charge in [0.1, 0.15) is 12.1 Å². The van der Waals surface area contributed by atoms with Crippen molar-refractivity contribution in [1.82, 2.24) is 14.9 Å². The SMILES string of the molecule is Cc1cn(C2OC3(COCc4ccccc4)C(=O)NC2C3OCc2ccccc2)c(=O)[nH]c1=O. The van der Waals surface area contributed by atoms with Gasteiger partial charge in [-0.25, -0.2) is 4.79 Å². The van der Waals surface area contributed by atoms with E-state index in [1.54, 1.807) is 6.92 Å². The summed E-state index contributed by atoms with van der Waals surface area (Å²) in [5.74, 6) is -0.353. The lowest BCUT2D eigenvalue weighted by atomic mass is 9.99. The molecule has 2 aliphatic heterocycles. The van der Waals surface area contributed by atoms with Crippen molar-refractivity contribution in [3.05, 3.63) is 104 Å². The Labute approximate surface area is 195 Å². The lowest BCUT2D eigenvalue weighted by Crippen LogP contribution is -2.53. The minimum Gasteiger partial charge on any atom is -0.373 e. The number of H-pyrrole nitrogens is 1. The number of ether oxygens (including phenoxy) is 3. The summed E-state index contributed by atoms with van der Waals surface area (Å²) in [5.41, 5.74) is -0.278. The Morgan fingerprint density at radius 3 is 2.29 bits per heavy atom. The molecule has 4 unspecified atom stereocenters. The van der Waals surface area contributed by atoms with Gasteiger partial charge in [-0.05, 0) is 18.1 Å². The summed E-state index contributed by atoms with van der Waals surface area (Å²) >= 11 is 0. The van der Waals surface area contributed by atoms with E-state index in [9.17, 15) is 14.4 Å². The van der Waals surface area contributed by atoms with Crippen LogP contribution in [0, 0.1) is 6.92 Å². The summed E-state index contributed by atoms with van der Waals surface area (Å²) < 4.78 is 19.7. The normalized spacial score (nSPS) is 25.4. The molecule has 2 saturated heterocycles. The Morgan fingerprint density at radius 1 is 0.971 bits per heavy atom. The third kappa shape index (κ3) is 3.98. The smallest absolute Gasteiger partial charge is 0.330 e. The second-order valence-corrected chi connectivity index (χ2v) is 8.57. The first-order chi connectivity index (χ1) is 16.5. The quantitative estimate of drug-likeness (QED) is 0.523. The van der Waals surface area contributed by atoms with Crippen molar-refractivity contribution in [2.45, 2.75) is 44.1 Å². The van der Waals surface area contributed by atoms with E-state index >= 15 is 0 Å². The summed E-state index contributed by atoms with van der Waals surface area (Å²) in [6.07, 6.45) is -0.132. The number of benzene rings is 2. The van der Waals surface area contributed by atoms with Crippen molar-refractivity contribution < 1.29 is 19.0 Å². The minimum atomic E-state index is -1.44. The van der Waals surface area contributed by atoms with E-state index in [1.165, 1.54) is 10.8 Å². The maximum atomic E-state index is 13.1. The lowest BCUT2D eigenvalue weighted by Gasteiger charge is -2.30. The van der Waals surface area contributed by atoms with Crippen LogP contribution in [-0.2, 0) is 32.2 Å². The molecule has 2 aromatic carbocycles. The van der Waals surface area contributed by atoms with Crippen LogP contribution < -0.4 is 16.6 Å². The van der Waals surface area contributed by atoms with E-state index in [1.807, 2.05) is 60.7 Å². The summed E-state index contributed by atoms with van der Waals surface area (Å²) in [6, 6.07) is 18.5. The Bertz CT molecular complexity index is 1290. The number of aromatic amines is 1. The maximum Gasteiger partial charge on any atom is 0.330 e. The topological polar surface area (TPSA) is 112 Å². The predicted octanol–water partition coefficient (Wildman–Crippen LogP) is 1.41. The number of nitrogens with one attached hydrogen (secondary N) is 2. The van der Waals surface area contributed by atoms with E-state index in [2.05, 4.69) is 10.3 Å². The first kappa shape index (κ1) is 22.3. The van der Waals surface area contributed by atoms with E-state index in [0.29, 0.717) is 5.56 Å². The average molecular weight is 463 g/mol. The molecule has 9 heteroatoms. The molecule has 5 rings (SSSR count). The molecule has 2 aliphatic rings. The molecular weight excluding hydrogens is 438 g/mol. The van der Waals surface area contributed by atoms with E-state index in [0.717, 1.165) is 11.1 Å². The van der Waals surface area contributed by atoms with Gasteiger partial charge >= 0.3 is 5.69 Å². The Morgan fingerprint density at radius 2 is 1.62 bits per heavy atom. The number of rotatable bonds is 8. The summed E-state index contributed by atoms with van der Waals surface area (Å²) in [7, 11) is 0. The van der Waals surface area contributed by atoms with Crippen molar-refractivity contribution in [1.29, 1.82) is 0 Å². The fraction of sp³-hybridized carbons (Fsp3) is 0.320. The number of carbonyl (C=O) groups is 1. The standard InChI is InChI=1S/C25H25N3O6/c1-16-12-28(24(31)27-21(16)29)22-19-20(33-14-18-10-6-3-7-11-18)25(34-22,23(30)26-19)15-32-13-17-8-4-2-5-9-17/h2-12,19-20,22H,13-15H2,1H3,(H,26,30)(H,27,29,31). The molecule has 2 bridgehead atoms. The minimum absolute atomic E-state index is 0.0583. The van der Waals surface area contributed by atoms with Gasteiger partial charge in [0.2, 0.25) is 0 Å². The van der Waals surface area contributed by atoms with Crippen LogP contribution >= 0.6 is 0 Å². The summed E-state index contributed by atoms with van der Waals surface area (Å²) in [6.45, 7) is 2.09. The first-order valence-electron chi connectivity index (χ1n) is 11.1. The van der Waals surface area contributed by atoms with Crippen molar-refractivity contribution in [2.24, 2.45) is 0 Å². The van der Waals surface area contributed by atoms with Crippen LogP contribution in [0.25, 0.3) is 0 Å². The molecule has 0 aliphatic carbocycles. The highest BCUT2D eigenvalue weighted by Gasteiger charge is 2.67. The second kappa shape index (κ2) is 9.02. The molecule has 3 heterocycles. The van der Waals surface area contributed by atoms with E-state index in [-0.39, 0.29) is 25.7 Å². The van der Waals surface area contributed by atoms with Gasteiger partial charge in [0.15, 0.2) is 11.8 Å². The van der Waals surface area contributed by atoms with E-state index in [4.69, 9.17) is 14.2 Å². The third-order valence-corrected chi connectivity index (χ3v) is 6.23. The Hall–Kier alpha value is -3.53. The number of hydrogen-bond donors (Lipinski definition) is 2. The number of aromatic nitrogens is 2. The molecule has 2 fully saturated rings. The number of aryl methyl sites for hydroxylation is 1. The highest BCUT2D eigenvalue weighted by molar-refractivity contribution is 5.90. The largest absolute Gasteiger partial charge is 0.373 e. The molecule has 9 nitrogen and oxygen atoms in total.